The summed E-state index contributed by atoms with van der Waals surface area (Å²) in [6.07, 6.45) is -8.76. The van der Waals surface area contributed by atoms with Crippen LogP contribution in [0.5, 0.6) is 0 Å². The van der Waals surface area contributed by atoms with Crippen LogP contribution in [0.4, 0.5) is 18.9 Å². The van der Waals surface area contributed by atoms with Crippen molar-refractivity contribution in [2.24, 2.45) is 4.99 Å². The van der Waals surface area contributed by atoms with Gasteiger partial charge in [-0.2, -0.15) is 13.2 Å². The Hall–Kier alpha value is -3.69. The van der Waals surface area contributed by atoms with Crippen LogP contribution in [0.1, 0.15) is 29.3 Å². The number of carbonyl (C=O) groups is 1. The van der Waals surface area contributed by atoms with Crippen molar-refractivity contribution in [3.63, 3.8) is 0 Å². The normalized spacial score (nSPS) is 22.3. The SMILES string of the molecule is C[C@@H]1O[C@H](OC(=Nc2ccccc2)C(F)(F)F)[C@@H](OCc2ccccc2)C[C@@H]1OC(=O)c1ccccc1. The van der Waals surface area contributed by atoms with Gasteiger partial charge in [0.1, 0.15) is 12.2 Å². The van der Waals surface area contributed by atoms with Crippen molar-refractivity contribution < 1.29 is 36.9 Å². The summed E-state index contributed by atoms with van der Waals surface area (Å²) >= 11 is 0. The lowest BCUT2D eigenvalue weighted by Gasteiger charge is -2.39. The van der Waals surface area contributed by atoms with E-state index in [-0.39, 0.29) is 18.7 Å². The van der Waals surface area contributed by atoms with Gasteiger partial charge in [-0.3, -0.25) is 0 Å². The maximum Gasteiger partial charge on any atom is 0.468 e. The maximum atomic E-state index is 13.9. The minimum atomic E-state index is -4.87. The third-order valence-corrected chi connectivity index (χ3v) is 5.67. The molecule has 3 aromatic carbocycles. The molecule has 1 heterocycles. The van der Waals surface area contributed by atoms with Gasteiger partial charge >= 0.3 is 12.1 Å². The minimum Gasteiger partial charge on any atom is -0.456 e. The minimum absolute atomic E-state index is 0.0632. The Labute approximate surface area is 212 Å². The summed E-state index contributed by atoms with van der Waals surface area (Å²) in [7, 11) is 0. The molecule has 0 N–H and O–H groups in total. The molecule has 1 saturated heterocycles. The fourth-order valence-corrected chi connectivity index (χ4v) is 3.76. The van der Waals surface area contributed by atoms with E-state index in [1.165, 1.54) is 12.1 Å². The molecule has 1 fully saturated rings. The predicted molar refractivity (Wildman–Crippen MR) is 130 cm³/mol. The highest BCUT2D eigenvalue weighted by molar-refractivity contribution is 5.89. The fourth-order valence-electron chi connectivity index (χ4n) is 3.76. The number of ether oxygens (including phenoxy) is 4. The molecular formula is C28H26F3NO5. The van der Waals surface area contributed by atoms with Crippen LogP contribution in [0.25, 0.3) is 0 Å². The second-order valence-electron chi connectivity index (χ2n) is 8.46. The molecule has 0 amide bonds. The second-order valence-corrected chi connectivity index (χ2v) is 8.46. The standard InChI is InChI=1S/C28H26F3NO5/c1-19-23(36-25(33)21-13-7-3-8-14-21)17-24(34-18-20-11-5-2-6-12-20)26(35-19)37-27(28(29,30)31)32-22-15-9-4-10-16-22/h2-16,19,23-24,26H,17-18H2,1H3/t19-,23-,24-,26+/m0/s1. The van der Waals surface area contributed by atoms with Crippen LogP contribution < -0.4 is 0 Å². The topological polar surface area (TPSA) is 66.3 Å². The van der Waals surface area contributed by atoms with Crippen molar-refractivity contribution >= 4 is 17.6 Å². The van der Waals surface area contributed by atoms with Crippen molar-refractivity contribution in [1.29, 1.82) is 0 Å². The van der Waals surface area contributed by atoms with Crippen molar-refractivity contribution in [2.45, 2.75) is 50.7 Å². The molecule has 4 rings (SSSR count). The molecule has 1 aliphatic heterocycles. The lowest BCUT2D eigenvalue weighted by molar-refractivity contribution is -0.254. The molecule has 194 valence electrons. The Morgan fingerprint density at radius 2 is 1.49 bits per heavy atom. The number of rotatable bonds is 7. The van der Waals surface area contributed by atoms with Gasteiger partial charge in [0.05, 0.1) is 24.0 Å². The summed E-state index contributed by atoms with van der Waals surface area (Å²) in [5.41, 5.74) is 1.24. The third kappa shape index (κ3) is 7.41. The zero-order chi connectivity index (χ0) is 26.3. The van der Waals surface area contributed by atoms with Crippen LogP contribution in [0.15, 0.2) is 96.0 Å². The quantitative estimate of drug-likeness (QED) is 0.213. The van der Waals surface area contributed by atoms with E-state index in [1.807, 2.05) is 30.3 Å². The lowest BCUT2D eigenvalue weighted by atomic mass is 10.0. The molecule has 0 spiro atoms. The van der Waals surface area contributed by atoms with Crippen molar-refractivity contribution in [1.82, 2.24) is 0 Å². The predicted octanol–water partition coefficient (Wildman–Crippen LogP) is 6.24. The van der Waals surface area contributed by atoms with Crippen molar-refractivity contribution in [3.05, 3.63) is 102 Å². The first-order valence-electron chi connectivity index (χ1n) is 11.7. The van der Waals surface area contributed by atoms with Gasteiger partial charge in [-0.25, -0.2) is 9.79 Å². The van der Waals surface area contributed by atoms with E-state index in [2.05, 4.69) is 4.99 Å². The molecule has 0 bridgehead atoms. The third-order valence-electron chi connectivity index (χ3n) is 5.67. The number of nitrogens with zero attached hydrogens (tertiary/aromatic N) is 1. The summed E-state index contributed by atoms with van der Waals surface area (Å²) in [6.45, 7) is 1.70. The highest BCUT2D eigenvalue weighted by atomic mass is 19.4. The Kier molecular flexibility index (Phi) is 8.58. The van der Waals surface area contributed by atoms with Crippen molar-refractivity contribution in [2.75, 3.05) is 0 Å². The summed E-state index contributed by atoms with van der Waals surface area (Å²) in [4.78, 5) is 16.3. The number of alkyl halides is 3. The number of halogens is 3. The molecule has 0 radical (unpaired) electrons. The number of hydrogen-bond donors (Lipinski definition) is 0. The van der Waals surface area contributed by atoms with E-state index in [0.29, 0.717) is 5.56 Å². The molecule has 0 unspecified atom stereocenters. The average Bonchev–Trinajstić information content (AvgIpc) is 2.90. The molecule has 0 aromatic heterocycles. The van der Waals surface area contributed by atoms with Crippen LogP contribution in [-0.2, 0) is 25.6 Å². The van der Waals surface area contributed by atoms with Gasteiger partial charge < -0.3 is 18.9 Å². The molecule has 37 heavy (non-hydrogen) atoms. The molecule has 1 aliphatic rings. The Bertz CT molecular complexity index is 1170. The molecule has 6 nitrogen and oxygen atoms in total. The number of carbonyl (C=O) groups excluding carboxylic acids is 1. The second kappa shape index (κ2) is 12.0. The molecule has 9 heteroatoms. The Morgan fingerprint density at radius 3 is 2.11 bits per heavy atom. The number of esters is 1. The van der Waals surface area contributed by atoms with Crippen LogP contribution in [0.3, 0.4) is 0 Å². The van der Waals surface area contributed by atoms with Gasteiger partial charge in [-0.15, -0.1) is 0 Å². The van der Waals surface area contributed by atoms with Gasteiger partial charge in [0, 0.05) is 6.42 Å². The van der Waals surface area contributed by atoms with E-state index in [9.17, 15) is 18.0 Å². The van der Waals surface area contributed by atoms with E-state index in [4.69, 9.17) is 18.9 Å². The average molecular weight is 514 g/mol. The summed E-state index contributed by atoms with van der Waals surface area (Å²) < 4.78 is 64.2. The molecule has 3 aromatic rings. The molecule has 0 aliphatic carbocycles. The zero-order valence-corrected chi connectivity index (χ0v) is 20.0. The lowest BCUT2D eigenvalue weighted by Crippen LogP contribution is -2.51. The number of hydrogen-bond acceptors (Lipinski definition) is 6. The Balaban J connectivity index is 1.54. The van der Waals surface area contributed by atoms with E-state index < -0.39 is 42.6 Å². The summed E-state index contributed by atoms with van der Waals surface area (Å²) in [5.74, 6) is -2.02. The first-order valence-corrected chi connectivity index (χ1v) is 11.7. The van der Waals surface area contributed by atoms with Gasteiger partial charge in [0.2, 0.25) is 6.29 Å². The highest BCUT2D eigenvalue weighted by Crippen LogP contribution is 2.31. The van der Waals surface area contributed by atoms with Crippen molar-refractivity contribution in [3.8, 4) is 0 Å². The Morgan fingerprint density at radius 1 is 0.892 bits per heavy atom. The zero-order valence-electron chi connectivity index (χ0n) is 20.0. The van der Waals surface area contributed by atoms with Gasteiger partial charge in [0.25, 0.3) is 5.90 Å². The number of benzene rings is 3. The first-order chi connectivity index (χ1) is 17.8. The summed E-state index contributed by atoms with van der Waals surface area (Å²) in [6, 6.07) is 25.2. The molecule has 4 atom stereocenters. The maximum absolute atomic E-state index is 13.9. The summed E-state index contributed by atoms with van der Waals surface area (Å²) in [5, 5.41) is 0. The largest absolute Gasteiger partial charge is 0.468 e. The molecule has 0 saturated carbocycles. The van der Waals surface area contributed by atoms with Crippen LogP contribution in [-0.4, -0.2) is 42.6 Å². The van der Waals surface area contributed by atoms with Crippen LogP contribution in [0.2, 0.25) is 0 Å². The smallest absolute Gasteiger partial charge is 0.456 e. The van der Waals surface area contributed by atoms with Gasteiger partial charge in [-0.1, -0.05) is 66.7 Å². The number of para-hydroxylation sites is 1. The number of aliphatic imine (C=N–C) groups is 1. The van der Waals surface area contributed by atoms with E-state index in [1.54, 1.807) is 55.5 Å². The van der Waals surface area contributed by atoms with E-state index in [0.717, 1.165) is 5.56 Å². The van der Waals surface area contributed by atoms with Crippen LogP contribution in [0, 0.1) is 0 Å². The van der Waals surface area contributed by atoms with Gasteiger partial charge in [0.15, 0.2) is 0 Å². The highest BCUT2D eigenvalue weighted by Gasteiger charge is 2.46. The van der Waals surface area contributed by atoms with E-state index >= 15 is 0 Å². The molecular weight excluding hydrogens is 487 g/mol. The monoisotopic (exact) mass is 513 g/mol. The van der Waals surface area contributed by atoms with Gasteiger partial charge in [-0.05, 0) is 36.8 Å². The van der Waals surface area contributed by atoms with Crippen LogP contribution >= 0.6 is 0 Å². The fraction of sp³-hybridized carbons (Fsp3) is 0.286. The first kappa shape index (κ1) is 26.4.